The van der Waals surface area contributed by atoms with E-state index >= 15 is 0 Å². The molecular formula is C8H11N3O2. The Balaban J connectivity index is 2.87. The van der Waals surface area contributed by atoms with Gasteiger partial charge in [0, 0.05) is 12.4 Å². The molecule has 1 aromatic heterocycles. The van der Waals surface area contributed by atoms with Gasteiger partial charge in [-0.1, -0.05) is 0 Å². The molecule has 70 valence electrons. The number of ether oxygens (including phenoxy) is 1. The highest BCUT2D eigenvalue weighted by atomic mass is 16.5. The van der Waals surface area contributed by atoms with E-state index in [0.717, 1.165) is 0 Å². The maximum atomic E-state index is 11.0. The van der Waals surface area contributed by atoms with Gasteiger partial charge in [0.05, 0.1) is 18.7 Å². The van der Waals surface area contributed by atoms with Crippen LogP contribution in [0.3, 0.4) is 0 Å². The maximum Gasteiger partial charge on any atom is 0.341 e. The zero-order valence-electron chi connectivity index (χ0n) is 7.52. The molecule has 0 spiro atoms. The van der Waals surface area contributed by atoms with E-state index < -0.39 is 5.97 Å². The van der Waals surface area contributed by atoms with E-state index in [-0.39, 0.29) is 6.04 Å². The number of aromatic nitrogens is 2. The number of nitrogens with zero attached hydrogens (tertiary/aromatic N) is 2. The van der Waals surface area contributed by atoms with Gasteiger partial charge in [-0.15, -0.1) is 0 Å². The summed E-state index contributed by atoms with van der Waals surface area (Å²) in [6, 6.07) is -0.230. The third-order valence-corrected chi connectivity index (χ3v) is 1.50. The van der Waals surface area contributed by atoms with E-state index in [1.807, 2.05) is 0 Å². The minimum absolute atomic E-state index is 0.230. The van der Waals surface area contributed by atoms with E-state index in [4.69, 9.17) is 5.73 Å². The Morgan fingerprint density at radius 1 is 1.54 bits per heavy atom. The molecule has 0 aromatic carbocycles. The van der Waals surface area contributed by atoms with E-state index in [0.29, 0.717) is 11.4 Å². The maximum absolute atomic E-state index is 11.0. The van der Waals surface area contributed by atoms with Crippen LogP contribution < -0.4 is 5.73 Å². The molecule has 1 unspecified atom stereocenters. The molecule has 2 N–H and O–H groups in total. The fourth-order valence-electron chi connectivity index (χ4n) is 0.796. The first-order chi connectivity index (χ1) is 6.15. The van der Waals surface area contributed by atoms with Crippen molar-refractivity contribution in [2.45, 2.75) is 13.0 Å². The van der Waals surface area contributed by atoms with Crippen LogP contribution in [-0.2, 0) is 4.74 Å². The number of methoxy groups -OCH3 is 1. The molecule has 0 aliphatic rings. The van der Waals surface area contributed by atoms with E-state index in [1.54, 1.807) is 6.92 Å². The van der Waals surface area contributed by atoms with Crippen molar-refractivity contribution in [1.29, 1.82) is 0 Å². The Labute approximate surface area is 75.9 Å². The molecule has 0 aliphatic heterocycles. The predicted molar refractivity (Wildman–Crippen MR) is 46.0 cm³/mol. The first-order valence-corrected chi connectivity index (χ1v) is 3.81. The Kier molecular flexibility index (Phi) is 2.92. The lowest BCUT2D eigenvalue weighted by atomic mass is 10.3. The molecule has 1 heterocycles. The molecule has 0 saturated carbocycles. The summed E-state index contributed by atoms with van der Waals surface area (Å²) in [4.78, 5) is 18.8. The van der Waals surface area contributed by atoms with Crippen LogP contribution in [0.15, 0.2) is 12.4 Å². The van der Waals surface area contributed by atoms with Crippen molar-refractivity contribution in [1.82, 2.24) is 9.97 Å². The molecule has 0 aliphatic carbocycles. The number of rotatable bonds is 2. The topological polar surface area (TPSA) is 78.1 Å². The average molecular weight is 181 g/mol. The van der Waals surface area contributed by atoms with Crippen molar-refractivity contribution in [3.63, 3.8) is 0 Å². The fraction of sp³-hybridized carbons (Fsp3) is 0.375. The monoisotopic (exact) mass is 181 g/mol. The third kappa shape index (κ3) is 2.22. The number of carbonyl (C=O) groups is 1. The van der Waals surface area contributed by atoms with Crippen molar-refractivity contribution >= 4 is 5.97 Å². The molecule has 0 amide bonds. The van der Waals surface area contributed by atoms with Gasteiger partial charge in [-0.25, -0.2) is 14.8 Å². The molecular weight excluding hydrogens is 170 g/mol. The van der Waals surface area contributed by atoms with Gasteiger partial charge in [0.15, 0.2) is 0 Å². The molecule has 5 heteroatoms. The smallest absolute Gasteiger partial charge is 0.341 e. The zero-order valence-corrected chi connectivity index (χ0v) is 7.52. The SMILES string of the molecule is COC(=O)c1cnc(C(C)N)nc1. The highest BCUT2D eigenvalue weighted by Gasteiger charge is 2.07. The van der Waals surface area contributed by atoms with Crippen molar-refractivity contribution in [3.8, 4) is 0 Å². The molecule has 0 fully saturated rings. The van der Waals surface area contributed by atoms with Crippen LogP contribution in [0.1, 0.15) is 29.1 Å². The minimum Gasteiger partial charge on any atom is -0.465 e. The molecule has 0 bridgehead atoms. The van der Waals surface area contributed by atoms with Gasteiger partial charge in [0.2, 0.25) is 0 Å². The van der Waals surface area contributed by atoms with Crippen molar-refractivity contribution < 1.29 is 9.53 Å². The quantitative estimate of drug-likeness (QED) is 0.663. The average Bonchev–Trinajstić information content (AvgIpc) is 2.17. The lowest BCUT2D eigenvalue weighted by Crippen LogP contribution is -2.11. The molecule has 0 saturated heterocycles. The van der Waals surface area contributed by atoms with E-state index in [2.05, 4.69) is 14.7 Å². The van der Waals surface area contributed by atoms with E-state index in [9.17, 15) is 4.79 Å². The summed E-state index contributed by atoms with van der Waals surface area (Å²) in [5, 5.41) is 0. The van der Waals surface area contributed by atoms with Crippen molar-refractivity contribution in [3.05, 3.63) is 23.8 Å². The first kappa shape index (κ1) is 9.60. The Morgan fingerprint density at radius 3 is 2.46 bits per heavy atom. The summed E-state index contributed by atoms with van der Waals surface area (Å²) in [5.74, 6) is 0.0591. The van der Waals surface area contributed by atoms with Gasteiger partial charge in [0.25, 0.3) is 0 Å². The highest BCUT2D eigenvalue weighted by molar-refractivity contribution is 5.88. The highest BCUT2D eigenvalue weighted by Crippen LogP contribution is 2.03. The second kappa shape index (κ2) is 3.95. The lowest BCUT2D eigenvalue weighted by molar-refractivity contribution is 0.0599. The Bertz CT molecular complexity index is 295. The molecule has 13 heavy (non-hydrogen) atoms. The largest absolute Gasteiger partial charge is 0.465 e. The standard InChI is InChI=1S/C8H11N3O2/c1-5(9)7-10-3-6(4-11-7)8(12)13-2/h3-5H,9H2,1-2H3. The van der Waals surface area contributed by atoms with Crippen LogP contribution in [0, 0.1) is 0 Å². The van der Waals surface area contributed by atoms with Crippen molar-refractivity contribution in [2.24, 2.45) is 5.73 Å². The number of esters is 1. The molecule has 1 aromatic rings. The summed E-state index contributed by atoms with van der Waals surface area (Å²) in [5.41, 5.74) is 5.86. The van der Waals surface area contributed by atoms with E-state index in [1.165, 1.54) is 19.5 Å². The van der Waals surface area contributed by atoms with Gasteiger partial charge >= 0.3 is 5.97 Å². The summed E-state index contributed by atoms with van der Waals surface area (Å²) in [7, 11) is 1.31. The van der Waals surface area contributed by atoms with Crippen LogP contribution in [0.5, 0.6) is 0 Å². The fourth-order valence-corrected chi connectivity index (χ4v) is 0.796. The molecule has 1 atom stereocenters. The summed E-state index contributed by atoms with van der Waals surface area (Å²) < 4.78 is 4.49. The predicted octanol–water partition coefficient (Wildman–Crippen LogP) is 0.283. The van der Waals surface area contributed by atoms with Crippen LogP contribution in [0.25, 0.3) is 0 Å². The third-order valence-electron chi connectivity index (χ3n) is 1.50. The van der Waals surface area contributed by atoms with Crippen molar-refractivity contribution in [2.75, 3.05) is 7.11 Å². The van der Waals surface area contributed by atoms with Crippen LogP contribution in [0.4, 0.5) is 0 Å². The lowest BCUT2D eigenvalue weighted by Gasteiger charge is -2.03. The van der Waals surface area contributed by atoms with Crippen LogP contribution >= 0.6 is 0 Å². The second-order valence-electron chi connectivity index (χ2n) is 2.61. The summed E-state index contributed by atoms with van der Waals surface area (Å²) in [6.45, 7) is 1.77. The van der Waals surface area contributed by atoms with Crippen LogP contribution in [-0.4, -0.2) is 23.0 Å². The number of hydrogen-bond donors (Lipinski definition) is 1. The normalized spacial score (nSPS) is 12.2. The first-order valence-electron chi connectivity index (χ1n) is 3.81. The van der Waals surface area contributed by atoms with Gasteiger partial charge in [-0.2, -0.15) is 0 Å². The number of hydrogen-bond acceptors (Lipinski definition) is 5. The molecule has 0 radical (unpaired) electrons. The van der Waals surface area contributed by atoms with Crippen LogP contribution in [0.2, 0.25) is 0 Å². The van der Waals surface area contributed by atoms with Gasteiger partial charge in [0.1, 0.15) is 5.82 Å². The Hall–Kier alpha value is -1.49. The van der Waals surface area contributed by atoms with Gasteiger partial charge in [-0.05, 0) is 6.92 Å². The second-order valence-corrected chi connectivity index (χ2v) is 2.61. The summed E-state index contributed by atoms with van der Waals surface area (Å²) >= 11 is 0. The molecule has 5 nitrogen and oxygen atoms in total. The Morgan fingerprint density at radius 2 is 2.08 bits per heavy atom. The zero-order chi connectivity index (χ0) is 9.84. The van der Waals surface area contributed by atoms with Gasteiger partial charge in [-0.3, -0.25) is 0 Å². The minimum atomic E-state index is -0.448. The summed E-state index contributed by atoms with van der Waals surface area (Å²) in [6.07, 6.45) is 2.80. The number of carbonyl (C=O) groups excluding carboxylic acids is 1. The number of nitrogens with two attached hydrogens (primary N) is 1. The molecule has 1 rings (SSSR count). The van der Waals surface area contributed by atoms with Gasteiger partial charge < -0.3 is 10.5 Å².